The summed E-state index contributed by atoms with van der Waals surface area (Å²) >= 11 is 1.63. The van der Waals surface area contributed by atoms with Crippen molar-refractivity contribution < 1.29 is 9.53 Å². The first-order chi connectivity index (χ1) is 13.5. The summed E-state index contributed by atoms with van der Waals surface area (Å²) in [6, 6.07) is 9.49. The van der Waals surface area contributed by atoms with Crippen LogP contribution >= 0.6 is 11.3 Å². The molecule has 0 saturated carbocycles. The lowest BCUT2D eigenvalue weighted by Gasteiger charge is -2.19. The normalized spacial score (nSPS) is 17.0. The number of carbonyl (C=O) groups excluding carboxylic acids is 1. The van der Waals surface area contributed by atoms with Crippen molar-refractivity contribution in [2.75, 3.05) is 7.11 Å². The molecule has 28 heavy (non-hydrogen) atoms. The fraction of sp³-hybridized carbons (Fsp3) is 0.364. The summed E-state index contributed by atoms with van der Waals surface area (Å²) in [5.41, 5.74) is 2.28. The third-order valence-electron chi connectivity index (χ3n) is 5.37. The van der Waals surface area contributed by atoms with Crippen LogP contribution in [0.1, 0.15) is 50.9 Å². The maximum atomic E-state index is 13.1. The first-order valence-electron chi connectivity index (χ1n) is 9.58. The lowest BCUT2D eigenvalue weighted by molar-refractivity contribution is 0.0945. The van der Waals surface area contributed by atoms with E-state index in [1.807, 2.05) is 42.1 Å². The van der Waals surface area contributed by atoms with Crippen molar-refractivity contribution in [2.45, 2.75) is 32.2 Å². The van der Waals surface area contributed by atoms with Gasteiger partial charge in [-0.2, -0.15) is 0 Å². The highest BCUT2D eigenvalue weighted by Gasteiger charge is 2.25. The number of nitrogens with one attached hydrogen (secondary N) is 1. The van der Waals surface area contributed by atoms with Gasteiger partial charge >= 0.3 is 0 Å². The number of nitrogens with zero attached hydrogens (tertiary/aromatic N) is 2. The van der Waals surface area contributed by atoms with Crippen LogP contribution in [-0.4, -0.2) is 22.6 Å². The number of benzene rings is 1. The molecule has 0 spiro atoms. The van der Waals surface area contributed by atoms with Crippen LogP contribution < -0.4 is 10.1 Å². The van der Waals surface area contributed by atoms with E-state index < -0.39 is 0 Å². The smallest absolute Gasteiger partial charge is 0.262 e. The van der Waals surface area contributed by atoms with Gasteiger partial charge < -0.3 is 14.6 Å². The number of thiophene rings is 1. The minimum Gasteiger partial charge on any atom is -0.497 e. The molecule has 1 N–H and O–H groups in total. The van der Waals surface area contributed by atoms with Crippen molar-refractivity contribution in [1.29, 1.82) is 0 Å². The Labute approximate surface area is 169 Å². The van der Waals surface area contributed by atoms with Gasteiger partial charge in [0.15, 0.2) is 0 Å². The molecule has 2 aromatic heterocycles. The standard InChI is InChI=1S/C22H25N3O2S/c1-14-7-8-18-16(11-14)13-19(28-18)22(26)24-20(21-23-9-10-25(21)2)15-5-4-6-17(12-15)27-3/h4-6,9-10,12-14,20H,7-8,11H2,1-3H3,(H,24,26). The van der Waals surface area contributed by atoms with Gasteiger partial charge in [0.1, 0.15) is 17.6 Å². The number of aromatic nitrogens is 2. The van der Waals surface area contributed by atoms with Gasteiger partial charge in [-0.15, -0.1) is 11.3 Å². The minimum atomic E-state index is -0.347. The van der Waals surface area contributed by atoms with Crippen LogP contribution in [0.4, 0.5) is 0 Å². The van der Waals surface area contributed by atoms with Gasteiger partial charge in [-0.05, 0) is 54.5 Å². The van der Waals surface area contributed by atoms with Gasteiger partial charge in [-0.1, -0.05) is 19.1 Å². The fourth-order valence-corrected chi connectivity index (χ4v) is 4.90. The van der Waals surface area contributed by atoms with Gasteiger partial charge in [0.05, 0.1) is 12.0 Å². The van der Waals surface area contributed by atoms with E-state index in [4.69, 9.17) is 4.74 Å². The van der Waals surface area contributed by atoms with Crippen LogP contribution in [0.3, 0.4) is 0 Å². The van der Waals surface area contributed by atoms with E-state index in [2.05, 4.69) is 23.3 Å². The number of imidazole rings is 1. The molecule has 2 unspecified atom stereocenters. The van der Waals surface area contributed by atoms with Crippen LogP contribution in [0, 0.1) is 5.92 Å². The maximum Gasteiger partial charge on any atom is 0.262 e. The molecule has 2 atom stereocenters. The number of rotatable bonds is 5. The van der Waals surface area contributed by atoms with E-state index in [9.17, 15) is 4.79 Å². The lowest BCUT2D eigenvalue weighted by Crippen LogP contribution is -2.30. The predicted octanol–water partition coefficient (Wildman–Crippen LogP) is 4.13. The van der Waals surface area contributed by atoms with Crippen molar-refractivity contribution in [3.05, 3.63) is 69.4 Å². The zero-order chi connectivity index (χ0) is 19.7. The number of carbonyl (C=O) groups is 1. The molecule has 3 aromatic rings. The number of amides is 1. The second kappa shape index (κ2) is 7.80. The van der Waals surface area contributed by atoms with Crippen LogP contribution in [0.2, 0.25) is 0 Å². The molecule has 5 nitrogen and oxygen atoms in total. The Morgan fingerprint density at radius 1 is 1.39 bits per heavy atom. The Balaban J connectivity index is 1.64. The summed E-state index contributed by atoms with van der Waals surface area (Å²) in [4.78, 5) is 19.7. The first kappa shape index (κ1) is 18.7. The molecule has 0 saturated heterocycles. The molecule has 146 valence electrons. The first-order valence-corrected chi connectivity index (χ1v) is 10.4. The third kappa shape index (κ3) is 3.69. The summed E-state index contributed by atoms with van der Waals surface area (Å²) in [6.45, 7) is 2.28. The SMILES string of the molecule is COc1cccc(C(NC(=O)c2cc3c(s2)CCC(C)C3)c2nccn2C)c1. The molecule has 0 fully saturated rings. The van der Waals surface area contributed by atoms with Crippen LogP contribution in [0.5, 0.6) is 5.75 Å². The highest BCUT2D eigenvalue weighted by molar-refractivity contribution is 7.14. The maximum absolute atomic E-state index is 13.1. The highest BCUT2D eigenvalue weighted by atomic mass is 32.1. The Morgan fingerprint density at radius 3 is 3.00 bits per heavy atom. The summed E-state index contributed by atoms with van der Waals surface area (Å²) in [5.74, 6) is 2.18. The third-order valence-corrected chi connectivity index (χ3v) is 6.61. The quantitative estimate of drug-likeness (QED) is 0.707. The summed E-state index contributed by atoms with van der Waals surface area (Å²) in [5, 5.41) is 3.20. The van der Waals surface area contributed by atoms with Gasteiger partial charge in [0, 0.05) is 24.3 Å². The number of aryl methyl sites for hydroxylation is 2. The zero-order valence-corrected chi connectivity index (χ0v) is 17.3. The van der Waals surface area contributed by atoms with E-state index in [0.717, 1.165) is 34.9 Å². The van der Waals surface area contributed by atoms with Crippen LogP contribution in [-0.2, 0) is 19.9 Å². The molecule has 1 aromatic carbocycles. The summed E-state index contributed by atoms with van der Waals surface area (Å²) in [7, 11) is 3.58. The molecule has 4 rings (SSSR count). The predicted molar refractivity (Wildman–Crippen MR) is 111 cm³/mol. The zero-order valence-electron chi connectivity index (χ0n) is 16.4. The van der Waals surface area contributed by atoms with Crippen LogP contribution in [0.25, 0.3) is 0 Å². The topological polar surface area (TPSA) is 56.1 Å². The average molecular weight is 396 g/mol. The second-order valence-electron chi connectivity index (χ2n) is 7.49. The summed E-state index contributed by atoms with van der Waals surface area (Å²) < 4.78 is 7.31. The molecule has 2 heterocycles. The van der Waals surface area contributed by atoms with E-state index in [1.54, 1.807) is 24.6 Å². The monoisotopic (exact) mass is 395 g/mol. The molecule has 1 aliphatic rings. The van der Waals surface area contributed by atoms with Gasteiger partial charge in [0.25, 0.3) is 5.91 Å². The largest absolute Gasteiger partial charge is 0.497 e. The Hall–Kier alpha value is -2.60. The van der Waals surface area contributed by atoms with Gasteiger partial charge in [-0.25, -0.2) is 4.98 Å². The molecular formula is C22H25N3O2S. The second-order valence-corrected chi connectivity index (χ2v) is 8.62. The molecule has 0 radical (unpaired) electrons. The highest BCUT2D eigenvalue weighted by Crippen LogP contribution is 2.33. The van der Waals surface area contributed by atoms with Crippen molar-refractivity contribution in [1.82, 2.24) is 14.9 Å². The van der Waals surface area contributed by atoms with Gasteiger partial charge in [-0.3, -0.25) is 4.79 Å². The van der Waals surface area contributed by atoms with Crippen molar-refractivity contribution in [3.63, 3.8) is 0 Å². The molecule has 1 amide bonds. The van der Waals surface area contributed by atoms with Gasteiger partial charge in [0.2, 0.25) is 0 Å². The molecular weight excluding hydrogens is 370 g/mol. The van der Waals surface area contributed by atoms with E-state index in [-0.39, 0.29) is 11.9 Å². The van der Waals surface area contributed by atoms with Crippen molar-refractivity contribution in [3.8, 4) is 5.75 Å². The van der Waals surface area contributed by atoms with Crippen molar-refractivity contribution >= 4 is 17.2 Å². The Kier molecular flexibility index (Phi) is 5.22. The molecule has 0 bridgehead atoms. The Morgan fingerprint density at radius 2 is 2.25 bits per heavy atom. The average Bonchev–Trinajstić information content (AvgIpc) is 3.31. The van der Waals surface area contributed by atoms with E-state index >= 15 is 0 Å². The van der Waals surface area contributed by atoms with E-state index in [0.29, 0.717) is 5.92 Å². The number of fused-ring (bicyclic) bond motifs is 1. The molecule has 1 aliphatic carbocycles. The van der Waals surface area contributed by atoms with Crippen molar-refractivity contribution in [2.24, 2.45) is 13.0 Å². The number of methoxy groups -OCH3 is 1. The number of hydrogen-bond acceptors (Lipinski definition) is 4. The molecule has 0 aliphatic heterocycles. The minimum absolute atomic E-state index is 0.0529. The Bertz CT molecular complexity index is 991. The van der Waals surface area contributed by atoms with E-state index in [1.165, 1.54) is 16.9 Å². The lowest BCUT2D eigenvalue weighted by atomic mass is 9.90. The van der Waals surface area contributed by atoms with Crippen LogP contribution in [0.15, 0.2) is 42.7 Å². The fourth-order valence-electron chi connectivity index (χ4n) is 3.79. The number of hydrogen-bond donors (Lipinski definition) is 1. The summed E-state index contributed by atoms with van der Waals surface area (Å²) in [6.07, 6.45) is 6.99. The molecule has 6 heteroatoms. The number of ether oxygens (including phenoxy) is 1.